The number of benzene rings is 9. The Morgan fingerprint density at radius 2 is 0.682 bits per heavy atom. The minimum Gasteiger partial charge on any atom is -0.425 e. The summed E-state index contributed by atoms with van der Waals surface area (Å²) in [5.41, 5.74) is 11.6. The number of carbonyl (C=O) groups excluding carboxylic acids is 4. The van der Waals surface area contributed by atoms with Crippen LogP contribution in [0.15, 0.2) is 249 Å². The number of carbonyl (C=O) groups is 4. The lowest BCUT2D eigenvalue weighted by molar-refractivity contribution is -0.135. The van der Waals surface area contributed by atoms with Crippen LogP contribution in [0.4, 0.5) is 0 Å². The number of fused-ring (bicyclic) bond motifs is 4. The van der Waals surface area contributed by atoms with E-state index in [1.807, 2.05) is 244 Å². The second-order valence-corrected chi connectivity index (χ2v) is 20.7. The van der Waals surface area contributed by atoms with Gasteiger partial charge in [0.1, 0.15) is 54.7 Å². The lowest BCUT2D eigenvalue weighted by Crippen LogP contribution is -2.28. The van der Waals surface area contributed by atoms with E-state index >= 15 is 0 Å². The van der Waals surface area contributed by atoms with Crippen molar-refractivity contribution in [1.82, 2.24) is 54.7 Å². The number of hydrogen-bond donors (Lipinski definition) is 2. The number of nitrogens with one attached hydrogen (secondary N) is 2. The third kappa shape index (κ3) is 14.6. The van der Waals surface area contributed by atoms with Gasteiger partial charge in [0.05, 0.1) is 22.1 Å². The summed E-state index contributed by atoms with van der Waals surface area (Å²) in [4.78, 5) is 49.4. The third-order valence-electron chi connectivity index (χ3n) is 14.3. The molecule has 0 aliphatic heterocycles. The second-order valence-electron chi connectivity index (χ2n) is 20.7. The topological polar surface area (TPSA) is 176 Å². The molecule has 88 heavy (non-hydrogen) atoms. The molecule has 9 aromatic carbocycles. The molecule has 0 radical (unpaired) electrons. The maximum absolute atomic E-state index is 12.3. The highest BCUT2D eigenvalue weighted by molar-refractivity contribution is 5.97. The van der Waals surface area contributed by atoms with E-state index < -0.39 is 0 Å². The van der Waals surface area contributed by atoms with Crippen LogP contribution in [0.5, 0.6) is 5.75 Å². The Balaban J connectivity index is 0.000000130. The van der Waals surface area contributed by atoms with Gasteiger partial charge >= 0.3 is 5.97 Å². The highest BCUT2D eigenvalue weighted by Gasteiger charge is 2.19. The zero-order chi connectivity index (χ0) is 61.2. The van der Waals surface area contributed by atoms with E-state index in [2.05, 4.69) is 31.0 Å². The lowest BCUT2D eigenvalue weighted by Gasteiger charge is -2.10. The summed E-state index contributed by atoms with van der Waals surface area (Å²) in [6.45, 7) is 3.51. The Kier molecular flexibility index (Phi) is 19.7. The molecule has 0 fully saturated rings. The van der Waals surface area contributed by atoms with Gasteiger partial charge in [-0.15, -0.1) is 0 Å². The normalized spacial score (nSPS) is 10.7. The molecule has 3 amide bonds. The molecule has 0 bridgehead atoms. The molecule has 16 nitrogen and oxygen atoms in total. The van der Waals surface area contributed by atoms with Crippen LogP contribution in [0.1, 0.15) is 13.3 Å². The molecule has 4 heterocycles. The average molecular weight is 1170 g/mol. The van der Waals surface area contributed by atoms with E-state index in [9.17, 15) is 19.2 Å². The predicted octanol–water partition coefficient (Wildman–Crippen LogP) is 12.8. The SMILES string of the molecule is CCCNC(=O)Cn1nc(-c2ccccc2)c2ccccc21.CN(C)C(=O)Cn1nc(-c2ccccc2)c2ccccc21.CNC(=O)Cn1nc(-c2ccccc2)c2ccccc21.O=C(Cn1nc(-c2ccccc2)c2ccccc21)Oc1ccccc1. The molecule has 440 valence electrons. The Labute approximate surface area is 510 Å². The van der Waals surface area contributed by atoms with Crippen LogP contribution in [-0.4, -0.2) is 95.4 Å². The third-order valence-corrected chi connectivity index (χ3v) is 14.3. The minimum absolute atomic E-state index is 0.00489. The fourth-order valence-corrected chi connectivity index (χ4v) is 9.94. The van der Waals surface area contributed by atoms with Gasteiger partial charge < -0.3 is 20.3 Å². The van der Waals surface area contributed by atoms with Gasteiger partial charge in [-0.3, -0.25) is 33.1 Å². The summed E-state index contributed by atoms with van der Waals surface area (Å²) >= 11 is 0. The number of hydrogen-bond acceptors (Lipinski definition) is 9. The molecule has 0 unspecified atom stereocenters. The summed E-state index contributed by atoms with van der Waals surface area (Å²) in [5, 5.41) is 28.3. The van der Waals surface area contributed by atoms with Crippen LogP contribution in [-0.2, 0) is 45.4 Å². The van der Waals surface area contributed by atoms with Gasteiger partial charge in [0.15, 0.2) is 0 Å². The van der Waals surface area contributed by atoms with E-state index in [0.29, 0.717) is 12.3 Å². The monoisotopic (exact) mass is 1170 g/mol. The highest BCUT2D eigenvalue weighted by Crippen LogP contribution is 2.32. The summed E-state index contributed by atoms with van der Waals surface area (Å²) in [5.74, 6) is 0.154. The van der Waals surface area contributed by atoms with Crippen LogP contribution in [0.2, 0.25) is 0 Å². The Bertz CT molecular complexity index is 4450. The zero-order valence-corrected chi connectivity index (χ0v) is 49.5. The van der Waals surface area contributed by atoms with Gasteiger partial charge in [-0.1, -0.05) is 219 Å². The molecule has 13 rings (SSSR count). The van der Waals surface area contributed by atoms with E-state index in [1.165, 1.54) is 0 Å². The number of likely N-dealkylation sites (N-methyl/N-ethyl adjacent to an activating group) is 2. The maximum atomic E-state index is 12.3. The van der Waals surface area contributed by atoms with Crippen molar-refractivity contribution in [3.8, 4) is 50.8 Å². The molecule has 2 N–H and O–H groups in total. The largest absolute Gasteiger partial charge is 0.425 e. The summed E-state index contributed by atoms with van der Waals surface area (Å²) in [6, 6.07) is 81.0. The quantitative estimate of drug-likeness (QED) is 0.0747. The van der Waals surface area contributed by atoms with E-state index in [4.69, 9.17) is 4.74 Å². The van der Waals surface area contributed by atoms with Gasteiger partial charge in [-0.2, -0.15) is 20.4 Å². The Morgan fingerprint density at radius 1 is 0.386 bits per heavy atom. The van der Waals surface area contributed by atoms with Crippen molar-refractivity contribution in [2.75, 3.05) is 27.7 Å². The Morgan fingerprint density at radius 3 is 1.01 bits per heavy atom. The van der Waals surface area contributed by atoms with Crippen molar-refractivity contribution >= 4 is 67.3 Å². The summed E-state index contributed by atoms with van der Waals surface area (Å²) < 4.78 is 12.4. The van der Waals surface area contributed by atoms with Crippen LogP contribution in [0.25, 0.3) is 88.6 Å². The van der Waals surface area contributed by atoms with Crippen LogP contribution >= 0.6 is 0 Å². The van der Waals surface area contributed by atoms with E-state index in [1.54, 1.807) is 56.9 Å². The van der Waals surface area contributed by atoms with Crippen LogP contribution in [0.3, 0.4) is 0 Å². The molecular formula is C72H67N11O5. The van der Waals surface area contributed by atoms with Crippen molar-refractivity contribution in [2.24, 2.45) is 0 Å². The van der Waals surface area contributed by atoms with Crippen molar-refractivity contribution in [3.05, 3.63) is 249 Å². The molecule has 0 spiro atoms. The lowest BCUT2D eigenvalue weighted by atomic mass is 10.1. The molecule has 13 aromatic rings. The van der Waals surface area contributed by atoms with Gasteiger partial charge in [0.25, 0.3) is 0 Å². The molecule has 16 heteroatoms. The van der Waals surface area contributed by atoms with Gasteiger partial charge in [-0.05, 0) is 42.8 Å². The Hall–Kier alpha value is -11.3. The van der Waals surface area contributed by atoms with E-state index in [0.717, 1.165) is 95.1 Å². The fourth-order valence-electron chi connectivity index (χ4n) is 9.94. The molecular weight excluding hydrogens is 1100 g/mol. The van der Waals surface area contributed by atoms with Gasteiger partial charge in [0, 0.05) is 71.5 Å². The van der Waals surface area contributed by atoms with Crippen LogP contribution < -0.4 is 15.4 Å². The highest BCUT2D eigenvalue weighted by atomic mass is 16.5. The first-order valence-electron chi connectivity index (χ1n) is 29.0. The zero-order valence-electron chi connectivity index (χ0n) is 49.5. The summed E-state index contributed by atoms with van der Waals surface area (Å²) in [7, 11) is 5.14. The van der Waals surface area contributed by atoms with E-state index in [-0.39, 0.29) is 49.9 Å². The van der Waals surface area contributed by atoms with Crippen molar-refractivity contribution in [1.29, 1.82) is 0 Å². The summed E-state index contributed by atoms with van der Waals surface area (Å²) in [6.07, 6.45) is 0.931. The molecule has 4 aromatic heterocycles. The van der Waals surface area contributed by atoms with Crippen LogP contribution in [0, 0.1) is 0 Å². The second kappa shape index (κ2) is 29.0. The maximum Gasteiger partial charge on any atom is 0.333 e. The first kappa shape index (κ1) is 59.9. The average Bonchev–Trinajstić information content (AvgIpc) is 3.83. The van der Waals surface area contributed by atoms with Crippen molar-refractivity contribution in [3.63, 3.8) is 0 Å². The molecule has 0 saturated carbocycles. The molecule has 0 atom stereocenters. The number of aromatic nitrogens is 8. The number of amides is 3. The standard InChI is InChI=1S/C21H16N2O2.C18H19N3O.C17H17N3O.C16H15N3O/c24-20(25-17-11-5-2-6-12-17)15-23-19-14-8-7-13-18(19)21(22-23)16-9-3-1-4-10-16;1-2-12-19-17(22)13-21-16-11-7-6-10-15(16)18(20-21)14-8-4-3-5-9-14;1-19(2)16(21)12-20-15-11-7-6-10-14(15)17(18-20)13-8-4-3-5-9-13;1-17-15(20)11-19-14-10-6-5-9-13(14)16(18-19)12-7-3-2-4-8-12/h1-14H,15H2;3-11H,2,12-13H2,1H3,(H,19,22);3-11H,12H2,1-2H3;2-10H,11H2,1H3,(H,17,20). The number of rotatable bonds is 15. The molecule has 0 aliphatic rings. The molecule has 0 aliphatic carbocycles. The first-order chi connectivity index (χ1) is 43.1. The number of esters is 1. The van der Waals surface area contributed by atoms with Crippen molar-refractivity contribution in [2.45, 2.75) is 39.5 Å². The number of nitrogens with zero attached hydrogens (tertiary/aromatic N) is 9. The smallest absolute Gasteiger partial charge is 0.333 e. The van der Waals surface area contributed by atoms with Crippen molar-refractivity contribution < 1.29 is 23.9 Å². The molecule has 0 saturated heterocycles. The fraction of sp³-hybridized carbons (Fsp3) is 0.139. The minimum atomic E-state index is -0.348. The first-order valence-corrected chi connectivity index (χ1v) is 29.0. The van der Waals surface area contributed by atoms with Gasteiger partial charge in [-0.25, -0.2) is 4.79 Å². The van der Waals surface area contributed by atoms with Gasteiger partial charge in [0.2, 0.25) is 17.7 Å². The predicted molar refractivity (Wildman–Crippen MR) is 349 cm³/mol. The number of para-hydroxylation sites is 5. The number of ether oxygens (including phenoxy) is 1.